The number of hydrogen-bond acceptors (Lipinski definition) is 6. The van der Waals surface area contributed by atoms with Gasteiger partial charge in [-0.15, -0.1) is 0 Å². The average molecular weight is 346 g/mol. The van der Waals surface area contributed by atoms with Crippen LogP contribution < -0.4 is 4.72 Å². The minimum atomic E-state index is -3.83. The number of rotatable bonds is 5. The van der Waals surface area contributed by atoms with E-state index in [4.69, 9.17) is 16.3 Å². The van der Waals surface area contributed by atoms with E-state index >= 15 is 0 Å². The standard InChI is InChI=1S/C12H12ClN3O3S2/c1-3-10(19-2)16-21(17,18)12-14-11(15-20-12)8-6-4-5-7-9(8)13/h3-7,16H,1-2H3. The fourth-order valence-corrected chi connectivity index (χ4v) is 3.51. The first kappa shape index (κ1) is 15.7. The van der Waals surface area contributed by atoms with Gasteiger partial charge in [-0.05, 0) is 25.1 Å². The zero-order valence-electron chi connectivity index (χ0n) is 11.2. The third-order valence-corrected chi connectivity index (χ3v) is 5.21. The van der Waals surface area contributed by atoms with Crippen LogP contribution in [0.1, 0.15) is 6.92 Å². The molecule has 0 aliphatic carbocycles. The molecular formula is C12H12ClN3O3S2. The second kappa shape index (κ2) is 6.42. The highest BCUT2D eigenvalue weighted by Crippen LogP contribution is 2.27. The molecule has 112 valence electrons. The van der Waals surface area contributed by atoms with Crippen molar-refractivity contribution in [1.82, 2.24) is 14.1 Å². The van der Waals surface area contributed by atoms with Crippen molar-refractivity contribution in [2.24, 2.45) is 0 Å². The quantitative estimate of drug-likeness (QED) is 0.842. The average Bonchev–Trinajstić information content (AvgIpc) is 2.95. The Balaban J connectivity index is 2.34. The van der Waals surface area contributed by atoms with Crippen molar-refractivity contribution >= 4 is 33.2 Å². The van der Waals surface area contributed by atoms with Crippen LogP contribution in [-0.4, -0.2) is 24.9 Å². The lowest BCUT2D eigenvalue weighted by molar-refractivity contribution is 0.276. The fourth-order valence-electron chi connectivity index (χ4n) is 1.47. The highest BCUT2D eigenvalue weighted by atomic mass is 35.5. The maximum absolute atomic E-state index is 12.1. The summed E-state index contributed by atoms with van der Waals surface area (Å²) in [6.45, 7) is 1.65. The van der Waals surface area contributed by atoms with Crippen LogP contribution >= 0.6 is 23.1 Å². The largest absolute Gasteiger partial charge is 0.482 e. The summed E-state index contributed by atoms with van der Waals surface area (Å²) in [5.74, 6) is 0.384. The molecule has 0 amide bonds. The van der Waals surface area contributed by atoms with Gasteiger partial charge < -0.3 is 4.74 Å². The number of ether oxygens (including phenoxy) is 1. The molecule has 9 heteroatoms. The van der Waals surface area contributed by atoms with Crippen molar-refractivity contribution in [3.63, 3.8) is 0 Å². The van der Waals surface area contributed by atoms with Gasteiger partial charge in [-0.1, -0.05) is 23.7 Å². The van der Waals surface area contributed by atoms with E-state index < -0.39 is 10.0 Å². The van der Waals surface area contributed by atoms with Gasteiger partial charge in [-0.25, -0.2) is 9.71 Å². The minimum Gasteiger partial charge on any atom is -0.482 e. The molecule has 1 heterocycles. The van der Waals surface area contributed by atoms with E-state index in [1.54, 1.807) is 31.2 Å². The van der Waals surface area contributed by atoms with E-state index in [9.17, 15) is 8.42 Å². The normalized spacial score (nSPS) is 12.2. The maximum Gasteiger partial charge on any atom is 0.293 e. The van der Waals surface area contributed by atoms with Gasteiger partial charge in [0.1, 0.15) is 0 Å². The molecule has 0 aliphatic rings. The smallest absolute Gasteiger partial charge is 0.293 e. The van der Waals surface area contributed by atoms with Gasteiger partial charge >= 0.3 is 0 Å². The van der Waals surface area contributed by atoms with Crippen molar-refractivity contribution in [2.75, 3.05) is 7.11 Å². The third kappa shape index (κ3) is 3.52. The predicted octanol–water partition coefficient (Wildman–Crippen LogP) is 2.64. The molecule has 1 aromatic carbocycles. The summed E-state index contributed by atoms with van der Waals surface area (Å²) in [7, 11) is -2.46. The number of nitrogens with zero attached hydrogens (tertiary/aromatic N) is 2. The van der Waals surface area contributed by atoms with Crippen molar-refractivity contribution in [3.05, 3.63) is 41.2 Å². The summed E-state index contributed by atoms with van der Waals surface area (Å²) < 4.78 is 35.3. The lowest BCUT2D eigenvalue weighted by atomic mass is 10.2. The Morgan fingerprint density at radius 1 is 1.43 bits per heavy atom. The molecule has 1 aromatic heterocycles. The molecule has 21 heavy (non-hydrogen) atoms. The number of methoxy groups -OCH3 is 1. The molecule has 0 unspecified atom stereocenters. The summed E-state index contributed by atoms with van der Waals surface area (Å²) in [4.78, 5) is 4.02. The summed E-state index contributed by atoms with van der Waals surface area (Å²) in [6.07, 6.45) is 1.49. The molecular weight excluding hydrogens is 334 g/mol. The summed E-state index contributed by atoms with van der Waals surface area (Å²) in [5.41, 5.74) is 0.579. The Hall–Kier alpha value is -1.64. The third-order valence-electron chi connectivity index (χ3n) is 2.47. The number of halogens is 1. The molecule has 2 rings (SSSR count). The van der Waals surface area contributed by atoms with E-state index in [0.29, 0.717) is 10.6 Å². The minimum absolute atomic E-state index is 0.115. The van der Waals surface area contributed by atoms with Crippen molar-refractivity contribution < 1.29 is 13.2 Å². The van der Waals surface area contributed by atoms with Gasteiger partial charge in [0.05, 0.1) is 12.1 Å². The fraction of sp³-hybridized carbons (Fsp3) is 0.167. The summed E-state index contributed by atoms with van der Waals surface area (Å²) in [6, 6.07) is 6.96. The second-order valence-electron chi connectivity index (χ2n) is 3.83. The molecule has 0 bridgehead atoms. The van der Waals surface area contributed by atoms with E-state index in [-0.39, 0.29) is 16.0 Å². The number of hydrogen-bond donors (Lipinski definition) is 1. The van der Waals surface area contributed by atoms with Crippen LogP contribution in [0.25, 0.3) is 11.4 Å². The number of aromatic nitrogens is 2. The lowest BCUT2D eigenvalue weighted by Crippen LogP contribution is -2.23. The lowest BCUT2D eigenvalue weighted by Gasteiger charge is -2.07. The Kier molecular flexibility index (Phi) is 4.81. The number of allylic oxidation sites excluding steroid dienone is 1. The van der Waals surface area contributed by atoms with Gasteiger partial charge in [0.25, 0.3) is 10.0 Å². The molecule has 0 atom stereocenters. The first-order chi connectivity index (χ1) is 9.97. The highest BCUT2D eigenvalue weighted by Gasteiger charge is 2.22. The van der Waals surface area contributed by atoms with Gasteiger partial charge in [0.2, 0.25) is 4.34 Å². The molecule has 0 saturated heterocycles. The Labute approximate surface area is 131 Å². The van der Waals surface area contributed by atoms with Crippen molar-refractivity contribution in [2.45, 2.75) is 11.3 Å². The van der Waals surface area contributed by atoms with Crippen molar-refractivity contribution in [3.8, 4) is 11.4 Å². The van der Waals surface area contributed by atoms with E-state index in [2.05, 4.69) is 14.1 Å². The van der Waals surface area contributed by atoms with E-state index in [0.717, 1.165) is 11.5 Å². The zero-order valence-corrected chi connectivity index (χ0v) is 13.6. The summed E-state index contributed by atoms with van der Waals surface area (Å²) in [5, 5.41) is 0.457. The van der Waals surface area contributed by atoms with Crippen molar-refractivity contribution in [1.29, 1.82) is 0 Å². The van der Waals surface area contributed by atoms with Crippen LogP contribution in [0.5, 0.6) is 0 Å². The molecule has 0 radical (unpaired) electrons. The van der Waals surface area contributed by atoms with Crippen LogP contribution in [0.4, 0.5) is 0 Å². The molecule has 0 spiro atoms. The molecule has 1 N–H and O–H groups in total. The van der Waals surface area contributed by atoms with Gasteiger partial charge in [0, 0.05) is 17.1 Å². The van der Waals surface area contributed by atoms with E-state index in [1.165, 1.54) is 13.2 Å². The summed E-state index contributed by atoms with van der Waals surface area (Å²) >= 11 is 6.81. The first-order valence-electron chi connectivity index (χ1n) is 5.79. The van der Waals surface area contributed by atoms with Gasteiger partial charge in [-0.2, -0.15) is 12.8 Å². The van der Waals surface area contributed by atoms with E-state index in [1.807, 2.05) is 0 Å². The van der Waals surface area contributed by atoms with Crippen LogP contribution in [0.3, 0.4) is 0 Å². The van der Waals surface area contributed by atoms with Gasteiger partial charge in [-0.3, -0.25) is 0 Å². The molecule has 2 aromatic rings. The second-order valence-corrected chi connectivity index (χ2v) is 6.84. The topological polar surface area (TPSA) is 81.2 Å². The predicted molar refractivity (Wildman–Crippen MR) is 81.4 cm³/mol. The number of sulfonamides is 1. The first-order valence-corrected chi connectivity index (χ1v) is 8.43. The Morgan fingerprint density at radius 2 is 2.14 bits per heavy atom. The maximum atomic E-state index is 12.1. The molecule has 0 fully saturated rings. The zero-order chi connectivity index (χ0) is 15.5. The molecule has 6 nitrogen and oxygen atoms in total. The number of nitrogens with one attached hydrogen (secondary N) is 1. The Bertz CT molecular complexity index is 772. The van der Waals surface area contributed by atoms with Crippen LogP contribution in [0, 0.1) is 0 Å². The molecule has 0 saturated carbocycles. The van der Waals surface area contributed by atoms with Crippen LogP contribution in [0.15, 0.2) is 40.6 Å². The van der Waals surface area contributed by atoms with Gasteiger partial charge in [0.15, 0.2) is 11.7 Å². The SMILES string of the molecule is CC=C(NS(=O)(=O)c1nc(-c2ccccc2Cl)ns1)OC. The Morgan fingerprint density at radius 3 is 2.76 bits per heavy atom. The van der Waals surface area contributed by atoms with Crippen LogP contribution in [-0.2, 0) is 14.8 Å². The molecule has 0 aliphatic heterocycles. The van der Waals surface area contributed by atoms with Crippen LogP contribution in [0.2, 0.25) is 5.02 Å². The number of benzene rings is 1. The highest BCUT2D eigenvalue weighted by molar-refractivity contribution is 7.91. The monoisotopic (exact) mass is 345 g/mol.